The first-order chi connectivity index (χ1) is 13.0. The van der Waals surface area contributed by atoms with Gasteiger partial charge in [-0.15, -0.1) is 0 Å². The van der Waals surface area contributed by atoms with Crippen LogP contribution in [-0.2, 0) is 9.84 Å². The molecular weight excluding hydrogens is 538 g/mol. The van der Waals surface area contributed by atoms with Crippen LogP contribution in [0.2, 0.25) is 10.0 Å². The average Bonchev–Trinajstić information content (AvgIpc) is 3.48. The van der Waals surface area contributed by atoms with Crippen LogP contribution in [0.5, 0.6) is 0 Å². The third kappa shape index (κ3) is 4.61. The number of alkyl halides is 1. The van der Waals surface area contributed by atoms with Crippen molar-refractivity contribution in [3.63, 3.8) is 0 Å². The van der Waals surface area contributed by atoms with E-state index in [1.807, 2.05) is 0 Å². The normalized spacial score (nSPS) is 19.2. The third-order valence-corrected chi connectivity index (χ3v) is 9.42. The van der Waals surface area contributed by atoms with Gasteiger partial charge in [-0.1, -0.05) is 45.8 Å². The van der Waals surface area contributed by atoms with Crippen LogP contribution in [0.25, 0.3) is 0 Å². The van der Waals surface area contributed by atoms with Gasteiger partial charge < -0.3 is 5.11 Å². The molecule has 1 unspecified atom stereocenters. The van der Waals surface area contributed by atoms with Crippen molar-refractivity contribution < 1.29 is 18.3 Å². The number of benzene rings is 1. The Bertz CT molecular complexity index is 941. The molecule has 2 fully saturated rings. The van der Waals surface area contributed by atoms with Gasteiger partial charge in [0.05, 0.1) is 21.4 Å². The minimum Gasteiger partial charge on any atom is -0.493 e. The molecule has 28 heavy (non-hydrogen) atoms. The SMILES string of the molecule is CN(N)/C(O)=C(/C(=O)c1ccc(Cl)c(S(=O)(=O)CC2CC2)c1Cl)C(I)C1CC1. The molecule has 3 N–H and O–H groups in total. The highest BCUT2D eigenvalue weighted by molar-refractivity contribution is 14.1. The number of carbonyl (C=O) groups is 1. The Morgan fingerprint density at radius 1 is 1.32 bits per heavy atom. The summed E-state index contributed by atoms with van der Waals surface area (Å²) in [6, 6.07) is 2.75. The number of aliphatic hydroxyl groups is 1. The van der Waals surface area contributed by atoms with Crippen molar-refractivity contribution in [3.8, 4) is 0 Å². The summed E-state index contributed by atoms with van der Waals surface area (Å²) < 4.78 is 25.3. The molecule has 1 aromatic rings. The summed E-state index contributed by atoms with van der Waals surface area (Å²) in [4.78, 5) is 13.1. The van der Waals surface area contributed by atoms with E-state index in [1.54, 1.807) is 0 Å². The van der Waals surface area contributed by atoms with Crippen LogP contribution in [0, 0.1) is 11.8 Å². The monoisotopic (exact) mass is 558 g/mol. The summed E-state index contributed by atoms with van der Waals surface area (Å²) in [5.74, 6) is 5.07. The Morgan fingerprint density at radius 3 is 2.43 bits per heavy atom. The largest absolute Gasteiger partial charge is 0.493 e. The number of halogens is 3. The number of hydrazine groups is 1. The minimum atomic E-state index is -3.73. The number of allylic oxidation sites excluding steroid dienone is 1. The number of nitrogens with zero attached hydrogens (tertiary/aromatic N) is 1. The molecule has 0 spiro atoms. The fourth-order valence-corrected chi connectivity index (χ4v) is 7.29. The maximum absolute atomic E-state index is 13.3. The van der Waals surface area contributed by atoms with Crippen LogP contribution in [0.1, 0.15) is 36.0 Å². The fraction of sp³-hybridized carbons (Fsp3) is 0.500. The van der Waals surface area contributed by atoms with Crippen LogP contribution >= 0.6 is 45.8 Å². The van der Waals surface area contributed by atoms with Crippen LogP contribution < -0.4 is 5.84 Å². The first-order valence-electron chi connectivity index (χ1n) is 8.85. The quantitative estimate of drug-likeness (QED) is 0.0945. The van der Waals surface area contributed by atoms with E-state index in [4.69, 9.17) is 29.0 Å². The van der Waals surface area contributed by atoms with Gasteiger partial charge in [0.2, 0.25) is 5.88 Å². The highest BCUT2D eigenvalue weighted by atomic mass is 127. The second-order valence-corrected chi connectivity index (χ2v) is 11.5. The molecule has 2 aliphatic carbocycles. The van der Waals surface area contributed by atoms with Gasteiger partial charge in [0, 0.05) is 16.5 Å². The molecule has 2 saturated carbocycles. The molecule has 0 heterocycles. The number of hydrogen-bond acceptors (Lipinski definition) is 6. The Kier molecular flexibility index (Phi) is 6.56. The van der Waals surface area contributed by atoms with Crippen molar-refractivity contribution in [3.05, 3.63) is 39.2 Å². The second kappa shape index (κ2) is 8.29. The van der Waals surface area contributed by atoms with Gasteiger partial charge in [-0.25, -0.2) is 14.3 Å². The predicted octanol–water partition coefficient (Wildman–Crippen LogP) is 4.15. The molecule has 0 aliphatic heterocycles. The van der Waals surface area contributed by atoms with Gasteiger partial charge in [-0.3, -0.25) is 9.80 Å². The van der Waals surface area contributed by atoms with Gasteiger partial charge >= 0.3 is 0 Å². The number of hydrogen-bond donors (Lipinski definition) is 2. The van der Waals surface area contributed by atoms with E-state index < -0.39 is 15.6 Å². The number of carbonyl (C=O) groups excluding carboxylic acids is 1. The number of aliphatic hydroxyl groups excluding tert-OH is 1. The lowest BCUT2D eigenvalue weighted by Crippen LogP contribution is -2.31. The molecule has 2 aliphatic rings. The Morgan fingerprint density at radius 2 is 1.93 bits per heavy atom. The lowest BCUT2D eigenvalue weighted by molar-refractivity contribution is 0.101. The summed E-state index contributed by atoms with van der Waals surface area (Å²) in [7, 11) is -2.31. The molecule has 6 nitrogen and oxygen atoms in total. The first-order valence-corrected chi connectivity index (χ1v) is 12.5. The van der Waals surface area contributed by atoms with Gasteiger partial charge in [0.15, 0.2) is 15.6 Å². The first kappa shape index (κ1) is 22.1. The van der Waals surface area contributed by atoms with Crippen molar-refractivity contribution in [1.29, 1.82) is 0 Å². The Labute approximate surface area is 188 Å². The van der Waals surface area contributed by atoms with Crippen molar-refractivity contribution in [2.75, 3.05) is 12.8 Å². The molecule has 154 valence electrons. The summed E-state index contributed by atoms with van der Waals surface area (Å²) in [5.41, 5.74) is 0.106. The van der Waals surface area contributed by atoms with E-state index in [1.165, 1.54) is 19.2 Å². The van der Waals surface area contributed by atoms with Gasteiger partial charge in [-0.05, 0) is 49.7 Å². The molecule has 0 aromatic heterocycles. The molecule has 3 rings (SSSR count). The highest BCUT2D eigenvalue weighted by Gasteiger charge is 2.39. The van der Waals surface area contributed by atoms with E-state index in [-0.39, 0.29) is 53.5 Å². The average molecular weight is 559 g/mol. The zero-order chi connectivity index (χ0) is 20.8. The Balaban J connectivity index is 2.08. The molecular formula is C18H21Cl2IN2O4S. The maximum atomic E-state index is 13.3. The molecule has 0 bridgehead atoms. The van der Waals surface area contributed by atoms with Crippen molar-refractivity contribution in [2.45, 2.75) is 34.5 Å². The minimum absolute atomic E-state index is 0.00819. The van der Waals surface area contributed by atoms with Crippen molar-refractivity contribution in [2.24, 2.45) is 17.7 Å². The van der Waals surface area contributed by atoms with E-state index >= 15 is 0 Å². The van der Waals surface area contributed by atoms with Crippen LogP contribution in [0.3, 0.4) is 0 Å². The smallest absolute Gasteiger partial charge is 0.209 e. The Hall–Kier alpha value is -0.550. The molecule has 10 heteroatoms. The number of sulfone groups is 1. The molecule has 0 radical (unpaired) electrons. The standard InChI is InChI=1S/C18H21Cl2IN2O4S/c1-23(22)18(25)13(15(21)10-4-5-10)16(24)11-6-7-12(19)17(14(11)20)28(26,27)8-9-2-3-9/h6-7,9-10,15,25H,2-5,8,22H2,1H3/b18-13-. The van der Waals surface area contributed by atoms with Crippen LogP contribution in [-0.4, -0.2) is 41.0 Å². The van der Waals surface area contributed by atoms with Gasteiger partial charge in [0.25, 0.3) is 0 Å². The second-order valence-electron chi connectivity index (χ2n) is 7.38. The zero-order valence-electron chi connectivity index (χ0n) is 15.2. The fourth-order valence-electron chi connectivity index (χ4n) is 2.98. The van der Waals surface area contributed by atoms with Crippen molar-refractivity contribution >= 4 is 61.4 Å². The molecule has 0 amide bonds. The molecule has 0 saturated heterocycles. The van der Waals surface area contributed by atoms with Crippen LogP contribution in [0.4, 0.5) is 0 Å². The van der Waals surface area contributed by atoms with Crippen molar-refractivity contribution in [1.82, 2.24) is 5.01 Å². The van der Waals surface area contributed by atoms with E-state index in [9.17, 15) is 18.3 Å². The zero-order valence-corrected chi connectivity index (χ0v) is 19.6. The maximum Gasteiger partial charge on any atom is 0.209 e. The van der Waals surface area contributed by atoms with Gasteiger partial charge in [-0.2, -0.15) is 0 Å². The van der Waals surface area contributed by atoms with Crippen LogP contribution in [0.15, 0.2) is 28.5 Å². The topological polar surface area (TPSA) is 101 Å². The summed E-state index contributed by atoms with van der Waals surface area (Å²) in [5, 5.41) is 11.2. The summed E-state index contributed by atoms with van der Waals surface area (Å²) >= 11 is 14.6. The lowest BCUT2D eigenvalue weighted by atomic mass is 9.98. The lowest BCUT2D eigenvalue weighted by Gasteiger charge is -2.20. The predicted molar refractivity (Wildman–Crippen MR) is 118 cm³/mol. The summed E-state index contributed by atoms with van der Waals surface area (Å²) in [6.07, 6.45) is 3.60. The number of Topliss-reactive ketones (excluding diaryl/α,β-unsaturated/α-hetero) is 1. The molecule has 1 aromatic carbocycles. The van der Waals surface area contributed by atoms with E-state index in [0.717, 1.165) is 30.7 Å². The van der Waals surface area contributed by atoms with Gasteiger partial charge in [0.1, 0.15) is 4.90 Å². The van der Waals surface area contributed by atoms with E-state index in [2.05, 4.69) is 22.6 Å². The van der Waals surface area contributed by atoms with E-state index in [0.29, 0.717) is 0 Å². The third-order valence-electron chi connectivity index (χ3n) is 4.89. The highest BCUT2D eigenvalue weighted by Crippen LogP contribution is 2.43. The number of ketones is 1. The summed E-state index contributed by atoms with van der Waals surface area (Å²) in [6.45, 7) is 0. The molecule has 1 atom stereocenters. The number of nitrogens with two attached hydrogens (primary N) is 1. The number of rotatable bonds is 8.